The molecule has 6 heteroatoms. The first-order valence-corrected chi connectivity index (χ1v) is 6.58. The van der Waals surface area contributed by atoms with Gasteiger partial charge in [0.05, 0.1) is 5.69 Å². The van der Waals surface area contributed by atoms with Crippen LogP contribution in [0.4, 0.5) is 14.5 Å². The van der Waals surface area contributed by atoms with Crippen LogP contribution >= 0.6 is 0 Å². The third-order valence-electron chi connectivity index (χ3n) is 2.92. The Labute approximate surface area is 117 Å². The SMILES string of the molecule is CCN(CC)C(=O)C(C)Nc1ccccc1OC(F)F. The van der Waals surface area contributed by atoms with Crippen LogP contribution in [-0.2, 0) is 4.79 Å². The Kier molecular flexibility index (Phi) is 6.21. The van der Waals surface area contributed by atoms with Crippen LogP contribution in [0.5, 0.6) is 5.75 Å². The van der Waals surface area contributed by atoms with Crippen molar-refractivity contribution < 1.29 is 18.3 Å². The van der Waals surface area contributed by atoms with E-state index in [-0.39, 0.29) is 11.7 Å². The van der Waals surface area contributed by atoms with Gasteiger partial charge < -0.3 is 15.0 Å². The van der Waals surface area contributed by atoms with Crippen LogP contribution in [0.2, 0.25) is 0 Å². The first-order valence-electron chi connectivity index (χ1n) is 6.58. The van der Waals surface area contributed by atoms with Gasteiger partial charge in [-0.2, -0.15) is 8.78 Å². The molecule has 0 spiro atoms. The van der Waals surface area contributed by atoms with Gasteiger partial charge in [0.2, 0.25) is 5.91 Å². The number of carbonyl (C=O) groups is 1. The highest BCUT2D eigenvalue weighted by Gasteiger charge is 2.19. The molecular formula is C14H20F2N2O2. The summed E-state index contributed by atoms with van der Waals surface area (Å²) in [6, 6.07) is 5.80. The predicted octanol–water partition coefficient (Wildman–Crippen LogP) is 2.96. The number of rotatable bonds is 7. The zero-order valence-electron chi connectivity index (χ0n) is 11.9. The molecule has 0 fully saturated rings. The molecule has 0 saturated heterocycles. The van der Waals surface area contributed by atoms with Gasteiger partial charge in [-0.3, -0.25) is 4.79 Å². The molecule has 1 unspecified atom stereocenters. The lowest BCUT2D eigenvalue weighted by Crippen LogP contribution is -2.41. The molecule has 1 amide bonds. The van der Waals surface area contributed by atoms with Gasteiger partial charge in [0.15, 0.2) is 0 Å². The van der Waals surface area contributed by atoms with E-state index in [1.165, 1.54) is 6.07 Å². The predicted molar refractivity (Wildman–Crippen MR) is 74.1 cm³/mol. The number of amides is 1. The Morgan fingerprint density at radius 2 is 1.90 bits per heavy atom. The first-order chi connectivity index (χ1) is 9.49. The first kappa shape index (κ1) is 16.2. The molecule has 0 heterocycles. The average Bonchev–Trinajstić information content (AvgIpc) is 2.41. The normalized spacial score (nSPS) is 12.1. The van der Waals surface area contributed by atoms with Crippen molar-refractivity contribution in [1.82, 2.24) is 4.90 Å². The van der Waals surface area contributed by atoms with E-state index in [1.54, 1.807) is 30.0 Å². The number of likely N-dealkylation sites (N-methyl/N-ethyl adjacent to an activating group) is 1. The van der Waals surface area contributed by atoms with E-state index in [9.17, 15) is 13.6 Å². The number of benzene rings is 1. The zero-order valence-corrected chi connectivity index (χ0v) is 11.9. The lowest BCUT2D eigenvalue weighted by atomic mass is 10.2. The quantitative estimate of drug-likeness (QED) is 0.838. The lowest BCUT2D eigenvalue weighted by molar-refractivity contribution is -0.131. The second-order valence-corrected chi connectivity index (χ2v) is 4.25. The second-order valence-electron chi connectivity index (χ2n) is 4.25. The van der Waals surface area contributed by atoms with E-state index in [0.717, 1.165) is 0 Å². The third kappa shape index (κ3) is 4.36. The molecule has 1 atom stereocenters. The number of nitrogens with zero attached hydrogens (tertiary/aromatic N) is 1. The number of hydrogen-bond donors (Lipinski definition) is 1. The summed E-state index contributed by atoms with van der Waals surface area (Å²) in [5, 5.41) is 2.92. The van der Waals surface area contributed by atoms with E-state index in [0.29, 0.717) is 18.8 Å². The number of hydrogen-bond acceptors (Lipinski definition) is 3. The molecule has 0 radical (unpaired) electrons. The molecule has 0 aliphatic rings. The molecule has 1 rings (SSSR count). The smallest absolute Gasteiger partial charge is 0.387 e. The van der Waals surface area contributed by atoms with Crippen molar-refractivity contribution >= 4 is 11.6 Å². The molecule has 0 bridgehead atoms. The lowest BCUT2D eigenvalue weighted by Gasteiger charge is -2.24. The van der Waals surface area contributed by atoms with Crippen molar-refractivity contribution in [2.75, 3.05) is 18.4 Å². The van der Waals surface area contributed by atoms with E-state index < -0.39 is 12.7 Å². The number of alkyl halides is 2. The fraction of sp³-hybridized carbons (Fsp3) is 0.500. The second kappa shape index (κ2) is 7.67. The Morgan fingerprint density at radius 1 is 1.30 bits per heavy atom. The van der Waals surface area contributed by atoms with E-state index >= 15 is 0 Å². The van der Waals surface area contributed by atoms with E-state index in [2.05, 4.69) is 10.1 Å². The van der Waals surface area contributed by atoms with Gasteiger partial charge in [-0.05, 0) is 32.9 Å². The molecule has 0 aliphatic heterocycles. The summed E-state index contributed by atoms with van der Waals surface area (Å²) in [5.41, 5.74) is 0.376. The Balaban J connectivity index is 2.79. The summed E-state index contributed by atoms with van der Waals surface area (Å²) in [6.45, 7) is 3.79. The van der Waals surface area contributed by atoms with Gasteiger partial charge in [0.1, 0.15) is 11.8 Å². The average molecular weight is 286 g/mol. The fourth-order valence-corrected chi connectivity index (χ4v) is 1.89. The Bertz CT molecular complexity index is 437. The summed E-state index contributed by atoms with van der Waals surface area (Å²) in [4.78, 5) is 13.8. The zero-order chi connectivity index (χ0) is 15.1. The van der Waals surface area contributed by atoms with E-state index in [1.807, 2.05) is 13.8 Å². The maximum atomic E-state index is 12.3. The number of nitrogens with one attached hydrogen (secondary N) is 1. The van der Waals surface area contributed by atoms with Crippen LogP contribution in [0.25, 0.3) is 0 Å². The van der Waals surface area contributed by atoms with Crippen LogP contribution in [0.15, 0.2) is 24.3 Å². The largest absolute Gasteiger partial charge is 0.433 e. The highest BCUT2D eigenvalue weighted by molar-refractivity contribution is 5.84. The molecule has 1 aromatic carbocycles. The van der Waals surface area contributed by atoms with Crippen LogP contribution in [0, 0.1) is 0 Å². The van der Waals surface area contributed by atoms with Crippen molar-refractivity contribution in [3.8, 4) is 5.75 Å². The molecule has 20 heavy (non-hydrogen) atoms. The number of halogens is 2. The van der Waals surface area contributed by atoms with Gasteiger partial charge in [-0.25, -0.2) is 0 Å². The molecular weight excluding hydrogens is 266 g/mol. The summed E-state index contributed by atoms with van der Waals surface area (Å²) in [5.74, 6) is -0.0523. The van der Waals surface area contributed by atoms with Crippen LogP contribution in [0.1, 0.15) is 20.8 Å². The van der Waals surface area contributed by atoms with Crippen molar-refractivity contribution in [2.45, 2.75) is 33.4 Å². The number of ether oxygens (including phenoxy) is 1. The number of para-hydroxylation sites is 2. The minimum atomic E-state index is -2.90. The van der Waals surface area contributed by atoms with Crippen molar-refractivity contribution in [2.24, 2.45) is 0 Å². The maximum Gasteiger partial charge on any atom is 0.387 e. The summed E-state index contributed by atoms with van der Waals surface area (Å²) >= 11 is 0. The van der Waals surface area contributed by atoms with Gasteiger partial charge in [-0.15, -0.1) is 0 Å². The standard InChI is InChI=1S/C14H20F2N2O2/c1-4-18(5-2)13(19)10(3)17-11-8-6-7-9-12(11)20-14(15)16/h6-10,14,17H,4-5H2,1-3H3. The number of anilines is 1. The monoisotopic (exact) mass is 286 g/mol. The van der Waals surface area contributed by atoms with Crippen molar-refractivity contribution in [3.63, 3.8) is 0 Å². The summed E-state index contributed by atoms with van der Waals surface area (Å²) in [7, 11) is 0. The van der Waals surface area contributed by atoms with Gasteiger partial charge in [-0.1, -0.05) is 12.1 Å². The van der Waals surface area contributed by atoms with E-state index in [4.69, 9.17) is 0 Å². The minimum Gasteiger partial charge on any atom is -0.433 e. The summed E-state index contributed by atoms with van der Waals surface area (Å²) in [6.07, 6.45) is 0. The molecule has 1 aromatic rings. The highest BCUT2D eigenvalue weighted by Crippen LogP contribution is 2.26. The van der Waals surface area contributed by atoms with Gasteiger partial charge in [0.25, 0.3) is 0 Å². The minimum absolute atomic E-state index is 0.0293. The Morgan fingerprint density at radius 3 is 2.45 bits per heavy atom. The molecule has 0 aliphatic carbocycles. The third-order valence-corrected chi connectivity index (χ3v) is 2.92. The fourth-order valence-electron chi connectivity index (χ4n) is 1.89. The Hall–Kier alpha value is -1.85. The van der Waals surface area contributed by atoms with Crippen molar-refractivity contribution in [3.05, 3.63) is 24.3 Å². The highest BCUT2D eigenvalue weighted by atomic mass is 19.3. The van der Waals surface area contributed by atoms with Gasteiger partial charge in [0, 0.05) is 13.1 Å². The summed E-state index contributed by atoms with van der Waals surface area (Å²) < 4.78 is 29.0. The topological polar surface area (TPSA) is 41.6 Å². The van der Waals surface area contributed by atoms with Crippen LogP contribution < -0.4 is 10.1 Å². The van der Waals surface area contributed by atoms with Gasteiger partial charge >= 0.3 is 6.61 Å². The molecule has 112 valence electrons. The molecule has 1 N–H and O–H groups in total. The molecule has 0 aromatic heterocycles. The van der Waals surface area contributed by atoms with Crippen LogP contribution in [-0.4, -0.2) is 36.5 Å². The number of carbonyl (C=O) groups excluding carboxylic acids is 1. The molecule has 4 nitrogen and oxygen atoms in total. The maximum absolute atomic E-state index is 12.3. The molecule has 0 saturated carbocycles. The van der Waals surface area contributed by atoms with Crippen LogP contribution in [0.3, 0.4) is 0 Å². The van der Waals surface area contributed by atoms with Crippen molar-refractivity contribution in [1.29, 1.82) is 0 Å².